The zero-order valence-electron chi connectivity index (χ0n) is 9.90. The number of hydrogen-bond acceptors (Lipinski definition) is 4. The predicted molar refractivity (Wildman–Crippen MR) is 59.6 cm³/mol. The summed E-state index contributed by atoms with van der Waals surface area (Å²) in [6.07, 6.45) is 3.37. The molecule has 1 fully saturated rings. The fourth-order valence-electron chi connectivity index (χ4n) is 2.80. The van der Waals surface area contributed by atoms with E-state index in [1.807, 2.05) is 31.2 Å². The predicted octanol–water partition coefficient (Wildman–Crippen LogP) is 2.65. The van der Waals surface area contributed by atoms with Crippen molar-refractivity contribution >= 4 is 0 Å². The molecule has 17 heavy (non-hydrogen) atoms. The Labute approximate surface area is 102 Å². The van der Waals surface area contributed by atoms with E-state index in [0.717, 1.165) is 19.3 Å². The van der Waals surface area contributed by atoms with Crippen LogP contribution in [0.3, 0.4) is 0 Å². The van der Waals surface area contributed by atoms with Crippen molar-refractivity contribution in [1.29, 1.82) is 21.0 Å². The van der Waals surface area contributed by atoms with Gasteiger partial charge in [-0.25, -0.2) is 0 Å². The summed E-state index contributed by atoms with van der Waals surface area (Å²) in [7, 11) is 0. The molecule has 1 saturated carbocycles. The molecule has 0 radical (unpaired) electrons. The minimum atomic E-state index is -1.47. The first-order valence-corrected chi connectivity index (χ1v) is 5.81. The van der Waals surface area contributed by atoms with Crippen molar-refractivity contribution in [1.82, 2.24) is 0 Å². The molecule has 0 N–H and O–H groups in total. The average molecular weight is 226 g/mol. The highest BCUT2D eigenvalue weighted by molar-refractivity contribution is 5.36. The van der Waals surface area contributed by atoms with E-state index in [4.69, 9.17) is 0 Å². The van der Waals surface area contributed by atoms with Crippen molar-refractivity contribution in [2.45, 2.75) is 39.0 Å². The number of nitrogens with zero attached hydrogens (tertiary/aromatic N) is 4. The zero-order valence-corrected chi connectivity index (χ0v) is 9.90. The molecule has 0 heterocycles. The van der Waals surface area contributed by atoms with Crippen LogP contribution in [-0.4, -0.2) is 0 Å². The van der Waals surface area contributed by atoms with Crippen LogP contribution in [0.1, 0.15) is 39.0 Å². The molecule has 4 heteroatoms. The van der Waals surface area contributed by atoms with Gasteiger partial charge in [0.05, 0.1) is 24.3 Å². The van der Waals surface area contributed by atoms with Gasteiger partial charge in [0.2, 0.25) is 0 Å². The van der Waals surface area contributed by atoms with Gasteiger partial charge in [-0.05, 0) is 25.2 Å². The van der Waals surface area contributed by atoms with Gasteiger partial charge < -0.3 is 0 Å². The second-order valence-corrected chi connectivity index (χ2v) is 4.54. The number of nitriles is 4. The Balaban J connectivity index is 3.36. The molecular weight excluding hydrogens is 212 g/mol. The van der Waals surface area contributed by atoms with E-state index in [1.54, 1.807) is 0 Å². The molecule has 86 valence electrons. The summed E-state index contributed by atoms with van der Waals surface area (Å²) in [6.45, 7) is 1.98. The summed E-state index contributed by atoms with van der Waals surface area (Å²) >= 11 is 0. The molecule has 1 atom stereocenters. The van der Waals surface area contributed by atoms with Crippen LogP contribution in [0.4, 0.5) is 0 Å². The van der Waals surface area contributed by atoms with E-state index in [2.05, 4.69) is 0 Å². The highest BCUT2D eigenvalue weighted by Gasteiger charge is 2.60. The number of hydrogen-bond donors (Lipinski definition) is 0. The summed E-state index contributed by atoms with van der Waals surface area (Å²) in [4.78, 5) is 0. The van der Waals surface area contributed by atoms with Gasteiger partial charge in [-0.1, -0.05) is 19.8 Å². The topological polar surface area (TPSA) is 95.2 Å². The van der Waals surface area contributed by atoms with E-state index >= 15 is 0 Å². The van der Waals surface area contributed by atoms with Crippen molar-refractivity contribution in [2.75, 3.05) is 0 Å². The molecular formula is C13H14N4. The Kier molecular flexibility index (Phi) is 3.73. The molecule has 1 aliphatic rings. The Morgan fingerprint density at radius 3 is 2.06 bits per heavy atom. The normalized spacial score (nSPS) is 24.6. The lowest BCUT2D eigenvalue weighted by atomic mass is 9.53. The third-order valence-electron chi connectivity index (χ3n) is 3.76. The van der Waals surface area contributed by atoms with Crippen molar-refractivity contribution in [2.24, 2.45) is 16.7 Å². The molecule has 1 aliphatic carbocycles. The average Bonchev–Trinajstić information content (AvgIpc) is 2.38. The van der Waals surface area contributed by atoms with Crippen molar-refractivity contribution < 1.29 is 0 Å². The quantitative estimate of drug-likeness (QED) is 0.723. The molecule has 1 rings (SSSR count). The van der Waals surface area contributed by atoms with Crippen LogP contribution < -0.4 is 0 Å². The summed E-state index contributed by atoms with van der Waals surface area (Å²) in [5.41, 5.74) is -2.93. The van der Waals surface area contributed by atoms with Gasteiger partial charge in [-0.2, -0.15) is 21.0 Å². The molecule has 0 aromatic heterocycles. The van der Waals surface area contributed by atoms with Crippen molar-refractivity contribution in [3.63, 3.8) is 0 Å². The summed E-state index contributed by atoms with van der Waals surface area (Å²) in [6, 6.07) is 7.86. The van der Waals surface area contributed by atoms with E-state index < -0.39 is 10.8 Å². The second kappa shape index (κ2) is 4.86. The lowest BCUT2D eigenvalue weighted by molar-refractivity contribution is 0.112. The highest BCUT2D eigenvalue weighted by atomic mass is 14.6. The van der Waals surface area contributed by atoms with Gasteiger partial charge in [0.15, 0.2) is 10.8 Å². The molecule has 0 bridgehead atoms. The molecule has 0 aromatic carbocycles. The summed E-state index contributed by atoms with van der Waals surface area (Å²) in [5.74, 6) is -0.171. The van der Waals surface area contributed by atoms with Crippen LogP contribution in [0, 0.1) is 62.1 Å². The molecule has 0 saturated heterocycles. The molecule has 0 aromatic rings. The van der Waals surface area contributed by atoms with E-state index in [0.29, 0.717) is 12.8 Å². The largest absolute Gasteiger partial charge is 0.196 e. The van der Waals surface area contributed by atoms with Crippen molar-refractivity contribution in [3.8, 4) is 24.3 Å². The third kappa shape index (κ3) is 1.63. The minimum Gasteiger partial charge on any atom is -0.196 e. The first-order valence-electron chi connectivity index (χ1n) is 5.81. The maximum atomic E-state index is 9.36. The maximum absolute atomic E-state index is 9.36. The van der Waals surface area contributed by atoms with E-state index in [-0.39, 0.29) is 5.92 Å². The zero-order chi connectivity index (χ0) is 12.9. The van der Waals surface area contributed by atoms with Crippen LogP contribution in [0.2, 0.25) is 0 Å². The number of rotatable bonds is 2. The van der Waals surface area contributed by atoms with Crippen LogP contribution in [0.5, 0.6) is 0 Å². The molecule has 0 amide bonds. The van der Waals surface area contributed by atoms with Gasteiger partial charge >= 0.3 is 0 Å². The fourth-order valence-corrected chi connectivity index (χ4v) is 2.80. The Morgan fingerprint density at radius 1 is 1.06 bits per heavy atom. The summed E-state index contributed by atoms with van der Waals surface area (Å²) in [5, 5.41) is 37.2. The lowest BCUT2D eigenvalue weighted by Gasteiger charge is -2.41. The van der Waals surface area contributed by atoms with Gasteiger partial charge in [0.25, 0.3) is 0 Å². The minimum absolute atomic E-state index is 0.171. The van der Waals surface area contributed by atoms with Crippen LogP contribution >= 0.6 is 0 Å². The van der Waals surface area contributed by atoms with Crippen LogP contribution in [0.25, 0.3) is 0 Å². The monoisotopic (exact) mass is 226 g/mol. The molecule has 4 nitrogen and oxygen atoms in total. The first kappa shape index (κ1) is 13.0. The SMILES string of the molecule is CCCC1CCCC(C#N)(C#N)C1(C#N)C#N. The standard InChI is InChI=1S/C13H14N4/c1-2-4-11-5-3-6-12(7-14,8-15)13(11,9-16)10-17/h11H,2-6H2,1H3. The van der Waals surface area contributed by atoms with Crippen LogP contribution in [0.15, 0.2) is 0 Å². The lowest BCUT2D eigenvalue weighted by Crippen LogP contribution is -2.47. The second-order valence-electron chi connectivity index (χ2n) is 4.54. The fraction of sp³-hybridized carbons (Fsp3) is 0.692. The molecule has 1 unspecified atom stereocenters. The maximum Gasteiger partial charge on any atom is 0.178 e. The Hall–Kier alpha value is -2.04. The van der Waals surface area contributed by atoms with Gasteiger partial charge in [0, 0.05) is 0 Å². The first-order chi connectivity index (χ1) is 8.16. The van der Waals surface area contributed by atoms with Crippen molar-refractivity contribution in [3.05, 3.63) is 0 Å². The van der Waals surface area contributed by atoms with Gasteiger partial charge in [-0.3, -0.25) is 0 Å². The molecule has 0 spiro atoms. The Morgan fingerprint density at radius 2 is 1.65 bits per heavy atom. The van der Waals surface area contributed by atoms with E-state index in [1.165, 1.54) is 0 Å². The van der Waals surface area contributed by atoms with E-state index in [9.17, 15) is 21.0 Å². The third-order valence-corrected chi connectivity index (χ3v) is 3.76. The summed E-state index contributed by atoms with van der Waals surface area (Å²) < 4.78 is 0. The Bertz CT molecular complexity index is 422. The van der Waals surface area contributed by atoms with Gasteiger partial charge in [0.1, 0.15) is 0 Å². The van der Waals surface area contributed by atoms with Gasteiger partial charge in [-0.15, -0.1) is 0 Å². The smallest absolute Gasteiger partial charge is 0.178 e. The highest BCUT2D eigenvalue weighted by Crippen LogP contribution is 2.54. The molecule has 0 aliphatic heterocycles. The van der Waals surface area contributed by atoms with Crippen LogP contribution in [-0.2, 0) is 0 Å².